The molecule has 0 N–H and O–H groups in total. The van der Waals surface area contributed by atoms with E-state index in [4.69, 9.17) is 0 Å². The van der Waals surface area contributed by atoms with Gasteiger partial charge in [0.1, 0.15) is 0 Å². The molecule has 0 fully saturated rings. The lowest BCUT2D eigenvalue weighted by atomic mass is 10.8. The molecule has 0 aromatic rings. The molecule has 1 rings (SSSR count). The SMILES string of the molecule is CN1[C]N(C)C=C1.[B]. The first kappa shape index (κ1) is 7.40. The lowest BCUT2D eigenvalue weighted by Gasteiger charge is -2.07. The zero-order valence-electron chi connectivity index (χ0n) is 5.13. The average molecular weight is 107 g/mol. The molecule has 1 aliphatic heterocycles. The summed E-state index contributed by atoms with van der Waals surface area (Å²) in [7, 11) is 3.89. The highest BCUT2D eigenvalue weighted by molar-refractivity contribution is 5.75. The second-order valence-electron chi connectivity index (χ2n) is 1.62. The minimum Gasteiger partial charge on any atom is -0.349 e. The lowest BCUT2D eigenvalue weighted by Crippen LogP contribution is -2.10. The van der Waals surface area contributed by atoms with Crippen molar-refractivity contribution in [1.82, 2.24) is 9.80 Å². The topological polar surface area (TPSA) is 6.48 Å². The van der Waals surface area contributed by atoms with Gasteiger partial charge in [0.15, 0.2) is 0 Å². The predicted molar refractivity (Wildman–Crippen MR) is 33.7 cm³/mol. The first-order chi connectivity index (χ1) is 3.29. The van der Waals surface area contributed by atoms with Crippen molar-refractivity contribution < 1.29 is 0 Å². The minimum absolute atomic E-state index is 0. The van der Waals surface area contributed by atoms with E-state index in [-0.39, 0.29) is 8.41 Å². The van der Waals surface area contributed by atoms with Crippen molar-refractivity contribution >= 4 is 8.41 Å². The molecule has 0 aliphatic carbocycles. The van der Waals surface area contributed by atoms with E-state index in [1.807, 2.05) is 36.3 Å². The predicted octanol–water partition coefficient (Wildman–Crippen LogP) is -0.0497. The Labute approximate surface area is 52.3 Å². The van der Waals surface area contributed by atoms with Crippen LogP contribution in [0.25, 0.3) is 0 Å². The van der Waals surface area contributed by atoms with Crippen molar-refractivity contribution in [1.29, 1.82) is 0 Å². The number of hydrogen-bond donors (Lipinski definition) is 0. The van der Waals surface area contributed by atoms with E-state index in [0.717, 1.165) is 0 Å². The van der Waals surface area contributed by atoms with Gasteiger partial charge >= 0.3 is 0 Å². The maximum Gasteiger partial charge on any atom is 0.207 e. The molecule has 3 heteroatoms. The van der Waals surface area contributed by atoms with Crippen LogP contribution in [0.3, 0.4) is 0 Å². The van der Waals surface area contributed by atoms with Gasteiger partial charge in [0, 0.05) is 34.9 Å². The second kappa shape index (κ2) is 2.65. The third kappa shape index (κ3) is 1.48. The Morgan fingerprint density at radius 1 is 1.12 bits per heavy atom. The van der Waals surface area contributed by atoms with E-state index in [0.29, 0.717) is 0 Å². The summed E-state index contributed by atoms with van der Waals surface area (Å²) in [4.78, 5) is 3.75. The molecule has 1 aliphatic rings. The van der Waals surface area contributed by atoms with Gasteiger partial charge in [0.25, 0.3) is 0 Å². The fourth-order valence-electron chi connectivity index (χ4n) is 0.515. The maximum atomic E-state index is 2.97. The molecule has 0 bridgehead atoms. The highest BCUT2D eigenvalue weighted by Crippen LogP contribution is 2.03. The van der Waals surface area contributed by atoms with Crippen molar-refractivity contribution in [3.05, 3.63) is 19.1 Å². The Kier molecular flexibility index (Phi) is 2.45. The molecule has 0 spiro atoms. The molecule has 0 atom stereocenters. The molecule has 0 saturated heterocycles. The minimum atomic E-state index is 0. The van der Waals surface area contributed by atoms with E-state index >= 15 is 0 Å². The Bertz CT molecular complexity index is 82.4. The van der Waals surface area contributed by atoms with Crippen LogP contribution in [0.1, 0.15) is 0 Å². The summed E-state index contributed by atoms with van der Waals surface area (Å²) in [6.45, 7) is 2.97. The van der Waals surface area contributed by atoms with Crippen LogP contribution in [0.2, 0.25) is 0 Å². The van der Waals surface area contributed by atoms with Crippen molar-refractivity contribution in [2.24, 2.45) is 0 Å². The molecule has 0 saturated carbocycles. The fraction of sp³-hybridized carbons (Fsp3) is 0.400. The van der Waals surface area contributed by atoms with Gasteiger partial charge in [-0.2, -0.15) is 0 Å². The quantitative estimate of drug-likeness (QED) is 0.400. The van der Waals surface area contributed by atoms with Crippen LogP contribution < -0.4 is 0 Å². The summed E-state index contributed by atoms with van der Waals surface area (Å²) < 4.78 is 0. The molecule has 8 heavy (non-hydrogen) atoms. The zero-order valence-corrected chi connectivity index (χ0v) is 5.13. The monoisotopic (exact) mass is 107 g/mol. The highest BCUT2D eigenvalue weighted by Gasteiger charge is 2.02. The van der Waals surface area contributed by atoms with E-state index in [1.54, 1.807) is 0 Å². The summed E-state index contributed by atoms with van der Waals surface area (Å²) >= 11 is 0. The van der Waals surface area contributed by atoms with Gasteiger partial charge < -0.3 is 9.80 Å². The second-order valence-corrected chi connectivity index (χ2v) is 1.62. The van der Waals surface area contributed by atoms with Gasteiger partial charge in [-0.3, -0.25) is 0 Å². The van der Waals surface area contributed by atoms with Crippen LogP contribution in [-0.2, 0) is 0 Å². The summed E-state index contributed by atoms with van der Waals surface area (Å²) in [5, 5.41) is 0. The van der Waals surface area contributed by atoms with E-state index in [1.165, 1.54) is 0 Å². The third-order valence-electron chi connectivity index (χ3n) is 0.829. The van der Waals surface area contributed by atoms with Crippen LogP contribution >= 0.6 is 0 Å². The maximum absolute atomic E-state index is 2.97. The Hall–Kier alpha value is -0.595. The van der Waals surface area contributed by atoms with Gasteiger partial charge in [0.2, 0.25) is 6.67 Å². The van der Waals surface area contributed by atoms with E-state index < -0.39 is 0 Å². The van der Waals surface area contributed by atoms with Gasteiger partial charge in [-0.1, -0.05) is 0 Å². The standard InChI is InChI=1S/C5H8N2.B/c1-6-3-4-7(2)5-6;/h3-4H,1-2H3;. The molecule has 0 aromatic heterocycles. The number of hydrogen-bond acceptors (Lipinski definition) is 2. The molecule has 41 valence electrons. The van der Waals surface area contributed by atoms with Crippen LogP contribution in [0.5, 0.6) is 0 Å². The van der Waals surface area contributed by atoms with Crippen LogP contribution in [0, 0.1) is 6.67 Å². The first-order valence-corrected chi connectivity index (χ1v) is 2.19. The zero-order chi connectivity index (χ0) is 5.28. The van der Waals surface area contributed by atoms with Crippen molar-refractivity contribution in [3.8, 4) is 0 Å². The summed E-state index contributed by atoms with van der Waals surface area (Å²) in [6, 6.07) is 0. The van der Waals surface area contributed by atoms with Crippen LogP contribution in [0.4, 0.5) is 0 Å². The molecule has 0 amide bonds. The summed E-state index contributed by atoms with van der Waals surface area (Å²) in [6.07, 6.45) is 3.89. The largest absolute Gasteiger partial charge is 0.349 e. The van der Waals surface area contributed by atoms with E-state index in [2.05, 4.69) is 6.67 Å². The Balaban J connectivity index is 0.000000490. The Morgan fingerprint density at radius 3 is 1.62 bits per heavy atom. The summed E-state index contributed by atoms with van der Waals surface area (Å²) in [5.74, 6) is 0. The van der Waals surface area contributed by atoms with Gasteiger partial charge in [-0.25, -0.2) is 0 Å². The fourth-order valence-corrected chi connectivity index (χ4v) is 0.515. The van der Waals surface area contributed by atoms with Crippen molar-refractivity contribution in [3.63, 3.8) is 0 Å². The van der Waals surface area contributed by atoms with Crippen molar-refractivity contribution in [2.75, 3.05) is 14.1 Å². The summed E-state index contributed by atoms with van der Waals surface area (Å²) in [5.41, 5.74) is 0. The van der Waals surface area contributed by atoms with Gasteiger partial charge in [0.05, 0.1) is 0 Å². The molecule has 5 radical (unpaired) electrons. The number of nitrogens with zero attached hydrogens (tertiary/aromatic N) is 2. The molecule has 0 unspecified atom stereocenters. The average Bonchev–Trinajstić information content (AvgIpc) is 1.87. The van der Waals surface area contributed by atoms with Gasteiger partial charge in [-0.05, 0) is 0 Å². The Morgan fingerprint density at radius 2 is 1.50 bits per heavy atom. The molecule has 2 nitrogen and oxygen atoms in total. The molecular weight excluding hydrogens is 98.9 g/mol. The third-order valence-corrected chi connectivity index (χ3v) is 0.829. The molecule has 0 aromatic carbocycles. The lowest BCUT2D eigenvalue weighted by molar-refractivity contribution is 0.433. The highest BCUT2D eigenvalue weighted by atomic mass is 15.3. The van der Waals surface area contributed by atoms with Crippen LogP contribution in [-0.4, -0.2) is 32.3 Å². The number of rotatable bonds is 0. The molecule has 1 heterocycles. The smallest absolute Gasteiger partial charge is 0.207 e. The van der Waals surface area contributed by atoms with E-state index in [9.17, 15) is 0 Å². The van der Waals surface area contributed by atoms with Gasteiger partial charge in [-0.15, -0.1) is 0 Å². The van der Waals surface area contributed by atoms with Crippen molar-refractivity contribution in [2.45, 2.75) is 0 Å². The van der Waals surface area contributed by atoms with Crippen LogP contribution in [0.15, 0.2) is 12.4 Å². The molecular formula is C5H8BN2. The normalized spacial score (nSPS) is 16.8. The first-order valence-electron chi connectivity index (χ1n) is 2.19.